The number of amidine groups is 1. The van der Waals surface area contributed by atoms with Gasteiger partial charge in [-0.3, -0.25) is 0 Å². The largest absolute Gasteiger partial charge is 0.870 e. The maximum Gasteiger partial charge on any atom is 0.284 e. The first-order valence-electron chi connectivity index (χ1n) is 7.75. The van der Waals surface area contributed by atoms with Crippen molar-refractivity contribution in [3.05, 3.63) is 88.4 Å². The highest BCUT2D eigenvalue weighted by atomic mass is 35.5. The molecule has 0 spiro atoms. The van der Waals surface area contributed by atoms with E-state index in [0.29, 0.717) is 11.3 Å². The average Bonchev–Trinajstić information content (AvgIpc) is 2.67. The fourth-order valence-electron chi connectivity index (χ4n) is 2.28. The third-order valence-corrected chi connectivity index (χ3v) is 5.41. The number of anilines is 1. The van der Waals surface area contributed by atoms with Crippen molar-refractivity contribution >= 4 is 44.7 Å². The van der Waals surface area contributed by atoms with Crippen LogP contribution in [0.25, 0.3) is 0 Å². The van der Waals surface area contributed by atoms with Crippen LogP contribution in [0.15, 0.2) is 82.1 Å². The topological polar surface area (TPSA) is 81.6 Å². The molecule has 0 aliphatic rings. The lowest BCUT2D eigenvalue weighted by atomic mass is 10.2. The smallest absolute Gasteiger partial charge is 0.284 e. The van der Waals surface area contributed by atoms with Crippen LogP contribution < -0.4 is 10.4 Å². The molecule has 0 bridgehead atoms. The third-order valence-electron chi connectivity index (χ3n) is 3.56. The molecule has 3 aromatic rings. The number of benzene rings is 3. The lowest BCUT2D eigenvalue weighted by Crippen LogP contribution is -2.16. The van der Waals surface area contributed by atoms with Gasteiger partial charge in [0.25, 0.3) is 10.0 Å². The van der Waals surface area contributed by atoms with Gasteiger partial charge in [-0.2, -0.15) is 8.42 Å². The summed E-state index contributed by atoms with van der Waals surface area (Å²) < 4.78 is 29.3. The highest BCUT2D eigenvalue weighted by molar-refractivity contribution is 7.90. The molecule has 0 atom stereocenters. The van der Waals surface area contributed by atoms with Crippen molar-refractivity contribution in [2.75, 3.05) is 5.32 Å². The maximum absolute atomic E-state index is 12.7. The van der Waals surface area contributed by atoms with Gasteiger partial charge in [0.1, 0.15) is 0 Å². The van der Waals surface area contributed by atoms with Crippen molar-refractivity contribution in [3.63, 3.8) is 0 Å². The number of sulfonamides is 1. The van der Waals surface area contributed by atoms with Gasteiger partial charge in [-0.05, 0) is 24.3 Å². The number of rotatable bonds is 4. The Balaban J connectivity index is 2.08. The average molecular weight is 420 g/mol. The van der Waals surface area contributed by atoms with E-state index in [1.807, 2.05) is 0 Å². The van der Waals surface area contributed by atoms with Crippen molar-refractivity contribution in [2.24, 2.45) is 4.40 Å². The molecular formula is C19H13Cl2N2O3S-. The van der Waals surface area contributed by atoms with Gasteiger partial charge in [0.15, 0.2) is 5.84 Å². The number of nitrogens with zero attached hydrogens (tertiary/aromatic N) is 1. The molecule has 0 fully saturated rings. The van der Waals surface area contributed by atoms with Crippen LogP contribution in [0.5, 0.6) is 5.75 Å². The van der Waals surface area contributed by atoms with Crippen molar-refractivity contribution < 1.29 is 13.5 Å². The fraction of sp³-hybridized carbons (Fsp3) is 0. The monoisotopic (exact) mass is 419 g/mol. The molecule has 0 saturated carbocycles. The first-order valence-corrected chi connectivity index (χ1v) is 9.95. The van der Waals surface area contributed by atoms with Crippen molar-refractivity contribution in [1.29, 1.82) is 0 Å². The van der Waals surface area contributed by atoms with Crippen LogP contribution in [0.3, 0.4) is 0 Å². The Morgan fingerprint density at radius 2 is 1.41 bits per heavy atom. The van der Waals surface area contributed by atoms with E-state index in [0.717, 1.165) is 0 Å². The van der Waals surface area contributed by atoms with Gasteiger partial charge in [0, 0.05) is 21.3 Å². The molecule has 1 N–H and O–H groups in total. The van der Waals surface area contributed by atoms with Crippen molar-refractivity contribution in [3.8, 4) is 5.75 Å². The number of hydrogen-bond acceptors (Lipinski definition) is 3. The van der Waals surface area contributed by atoms with Crippen LogP contribution in [0, 0.1) is 0 Å². The second kappa shape index (κ2) is 8.00. The predicted molar refractivity (Wildman–Crippen MR) is 106 cm³/mol. The summed E-state index contributed by atoms with van der Waals surface area (Å²) in [5.74, 6) is -0.427. The summed E-state index contributed by atoms with van der Waals surface area (Å²) in [5.41, 5.74) is 0.880. The number of nitrogens with one attached hydrogen (secondary N) is 1. The van der Waals surface area contributed by atoms with Crippen molar-refractivity contribution in [2.45, 2.75) is 4.90 Å². The standard InChI is InChI=1S/C19H14Cl2N2O3S/c20-16-11-14(12-17(21)18(16)24)22-19(13-7-3-1-4-8-13)23-27(25,26)15-9-5-2-6-10-15/h1-12,24H,(H,22,23)/p-1. The summed E-state index contributed by atoms with van der Waals surface area (Å²) in [4.78, 5) is 0.0613. The van der Waals surface area contributed by atoms with E-state index in [2.05, 4.69) is 9.71 Å². The molecule has 0 aromatic heterocycles. The zero-order chi connectivity index (χ0) is 19.4. The molecule has 0 aliphatic heterocycles. The minimum Gasteiger partial charge on any atom is -0.870 e. The fourth-order valence-corrected chi connectivity index (χ4v) is 3.76. The van der Waals surface area contributed by atoms with E-state index in [4.69, 9.17) is 23.2 Å². The van der Waals surface area contributed by atoms with Gasteiger partial charge in [-0.1, -0.05) is 77.5 Å². The summed E-state index contributed by atoms with van der Waals surface area (Å²) in [7, 11) is -3.96. The van der Waals surface area contributed by atoms with Crippen LogP contribution in [0.4, 0.5) is 5.69 Å². The van der Waals surface area contributed by atoms with Gasteiger partial charge >= 0.3 is 0 Å². The Bertz CT molecular complexity index is 1060. The summed E-state index contributed by atoms with van der Waals surface area (Å²) in [6.07, 6.45) is 0. The Kier molecular flexibility index (Phi) is 5.70. The summed E-state index contributed by atoms with van der Waals surface area (Å²) in [6, 6.07) is 19.3. The molecule has 3 aromatic carbocycles. The molecule has 0 radical (unpaired) electrons. The quantitative estimate of drug-likeness (QED) is 0.504. The summed E-state index contributed by atoms with van der Waals surface area (Å²) >= 11 is 11.8. The molecule has 0 aliphatic carbocycles. The normalized spacial score (nSPS) is 12.0. The lowest BCUT2D eigenvalue weighted by Gasteiger charge is -2.15. The molecule has 0 amide bonds. The Hall–Kier alpha value is -2.54. The molecule has 0 heterocycles. The molecule has 5 nitrogen and oxygen atoms in total. The predicted octanol–water partition coefficient (Wildman–Crippen LogP) is 4.31. The first-order chi connectivity index (χ1) is 12.9. The maximum atomic E-state index is 12.7. The Labute approximate surface area is 167 Å². The SMILES string of the molecule is O=S(=O)(N=C(Nc1cc(Cl)c([O-])c(Cl)c1)c1ccccc1)c1ccccc1. The van der Waals surface area contributed by atoms with E-state index in [1.54, 1.807) is 48.5 Å². The second-order valence-electron chi connectivity index (χ2n) is 5.49. The molecule has 0 saturated heterocycles. The summed E-state index contributed by atoms with van der Waals surface area (Å²) in [6.45, 7) is 0. The number of halogens is 2. The number of hydrogen-bond donors (Lipinski definition) is 1. The lowest BCUT2D eigenvalue weighted by molar-refractivity contribution is -0.268. The highest BCUT2D eigenvalue weighted by Gasteiger charge is 2.16. The minimum atomic E-state index is -3.96. The molecule has 138 valence electrons. The van der Waals surface area contributed by atoms with E-state index < -0.39 is 15.8 Å². The summed E-state index contributed by atoms with van der Waals surface area (Å²) in [5, 5.41) is 14.4. The Morgan fingerprint density at radius 1 is 0.889 bits per heavy atom. The van der Waals surface area contributed by atoms with E-state index in [1.165, 1.54) is 24.3 Å². The zero-order valence-corrected chi connectivity index (χ0v) is 16.1. The van der Waals surface area contributed by atoms with Crippen molar-refractivity contribution in [1.82, 2.24) is 0 Å². The molecule has 27 heavy (non-hydrogen) atoms. The van der Waals surface area contributed by atoms with Crippen LogP contribution >= 0.6 is 23.2 Å². The van der Waals surface area contributed by atoms with Gasteiger partial charge < -0.3 is 10.4 Å². The third kappa shape index (κ3) is 4.60. The molecule has 3 rings (SSSR count). The van der Waals surface area contributed by atoms with Gasteiger partial charge in [0.2, 0.25) is 0 Å². The second-order valence-corrected chi connectivity index (χ2v) is 7.91. The van der Waals surface area contributed by atoms with Gasteiger partial charge in [-0.15, -0.1) is 4.40 Å². The van der Waals surface area contributed by atoms with Gasteiger partial charge in [-0.25, -0.2) is 0 Å². The van der Waals surface area contributed by atoms with Crippen LogP contribution in [0.2, 0.25) is 10.0 Å². The highest BCUT2D eigenvalue weighted by Crippen LogP contribution is 2.32. The van der Waals surface area contributed by atoms with Gasteiger partial charge in [0.05, 0.1) is 4.90 Å². The van der Waals surface area contributed by atoms with Crippen LogP contribution in [-0.4, -0.2) is 14.3 Å². The molecule has 8 heteroatoms. The van der Waals surface area contributed by atoms with Crippen LogP contribution in [-0.2, 0) is 10.0 Å². The zero-order valence-electron chi connectivity index (χ0n) is 13.8. The van der Waals surface area contributed by atoms with Crippen LogP contribution in [0.1, 0.15) is 5.56 Å². The first kappa shape index (κ1) is 19.2. The minimum absolute atomic E-state index is 0.0613. The van der Waals surface area contributed by atoms with E-state index in [9.17, 15) is 13.5 Å². The van der Waals surface area contributed by atoms with E-state index in [-0.39, 0.29) is 20.8 Å². The molecular weight excluding hydrogens is 407 g/mol. The van der Waals surface area contributed by atoms with E-state index >= 15 is 0 Å². The molecule has 0 unspecified atom stereocenters. The Morgan fingerprint density at radius 3 is 1.96 bits per heavy atom.